The van der Waals surface area contributed by atoms with E-state index in [0.29, 0.717) is 23.0 Å². The molecule has 0 radical (unpaired) electrons. The molecule has 2 atom stereocenters. The van der Waals surface area contributed by atoms with Gasteiger partial charge in [-0.25, -0.2) is 4.57 Å². The van der Waals surface area contributed by atoms with Crippen molar-refractivity contribution in [2.24, 2.45) is 0 Å². The van der Waals surface area contributed by atoms with Gasteiger partial charge in [-0.2, -0.15) is 0 Å². The molecule has 220 valence electrons. The summed E-state index contributed by atoms with van der Waals surface area (Å²) in [5.41, 5.74) is 3.78. The van der Waals surface area contributed by atoms with E-state index >= 15 is 0 Å². The van der Waals surface area contributed by atoms with Crippen molar-refractivity contribution in [2.75, 3.05) is 28.4 Å². The topological polar surface area (TPSA) is 81.7 Å². The number of phosphoric acid groups is 1. The van der Waals surface area contributed by atoms with Crippen LogP contribution in [0.4, 0.5) is 0 Å². The summed E-state index contributed by atoms with van der Waals surface area (Å²) in [6.07, 6.45) is 0.914. The number of methoxy groups -OCH3 is 4. The minimum absolute atomic E-state index is 0.0563. The quantitative estimate of drug-likeness (QED) is 0.137. The van der Waals surface area contributed by atoms with Crippen LogP contribution in [0.25, 0.3) is 0 Å². The van der Waals surface area contributed by atoms with Crippen molar-refractivity contribution in [2.45, 2.75) is 31.5 Å². The highest BCUT2D eigenvalue weighted by Gasteiger charge is 2.41. The summed E-state index contributed by atoms with van der Waals surface area (Å²) in [5, 5.41) is 0. The van der Waals surface area contributed by atoms with Gasteiger partial charge in [0.25, 0.3) is 0 Å². The molecular weight excluding hydrogens is 555 g/mol. The SMILES string of the molecule is COc1ccc(C2CC2c2cc(OC)c(OC)c(OC)c2)cc1OP(=O)(OCc1ccccc1)OCc1ccccc1. The molecule has 0 aromatic heterocycles. The van der Waals surface area contributed by atoms with Crippen LogP contribution in [0.15, 0.2) is 91.0 Å². The predicted octanol–water partition coefficient (Wildman–Crippen LogP) is 7.91. The summed E-state index contributed by atoms with van der Waals surface area (Å²) in [6.45, 7) is 0.113. The van der Waals surface area contributed by atoms with Crippen LogP contribution in [-0.4, -0.2) is 28.4 Å². The average molecular weight is 591 g/mol. The first-order valence-corrected chi connectivity index (χ1v) is 15.1. The van der Waals surface area contributed by atoms with Crippen molar-refractivity contribution in [3.63, 3.8) is 0 Å². The maximum atomic E-state index is 14.0. The summed E-state index contributed by atoms with van der Waals surface area (Å²) in [4.78, 5) is 0. The molecule has 0 amide bonds. The third kappa shape index (κ3) is 6.90. The Labute approximate surface area is 246 Å². The van der Waals surface area contributed by atoms with Gasteiger partial charge in [0.1, 0.15) is 0 Å². The lowest BCUT2D eigenvalue weighted by molar-refractivity contribution is 0.142. The number of benzene rings is 4. The molecule has 1 aliphatic carbocycles. The molecule has 0 saturated heterocycles. The van der Waals surface area contributed by atoms with Crippen molar-refractivity contribution in [1.29, 1.82) is 0 Å². The van der Waals surface area contributed by atoms with E-state index in [9.17, 15) is 4.57 Å². The lowest BCUT2D eigenvalue weighted by atomic mass is 10.0. The van der Waals surface area contributed by atoms with Gasteiger partial charge in [-0.3, -0.25) is 9.05 Å². The maximum absolute atomic E-state index is 14.0. The molecule has 1 saturated carbocycles. The Bertz CT molecular complexity index is 1450. The molecule has 4 aromatic rings. The third-order valence-corrected chi connectivity index (χ3v) is 8.51. The summed E-state index contributed by atoms with van der Waals surface area (Å²) < 4.78 is 53.9. The molecule has 1 fully saturated rings. The van der Waals surface area contributed by atoms with Gasteiger partial charge in [-0.15, -0.1) is 0 Å². The molecule has 5 rings (SSSR count). The molecule has 4 aromatic carbocycles. The van der Waals surface area contributed by atoms with Crippen LogP contribution in [0.3, 0.4) is 0 Å². The van der Waals surface area contributed by atoms with E-state index in [1.807, 2.05) is 91.0 Å². The second-order valence-corrected chi connectivity index (χ2v) is 11.5. The molecule has 0 heterocycles. The second-order valence-electron chi connectivity index (χ2n) is 9.87. The van der Waals surface area contributed by atoms with Gasteiger partial charge in [-0.1, -0.05) is 66.7 Å². The van der Waals surface area contributed by atoms with Crippen LogP contribution in [-0.2, 0) is 26.8 Å². The monoisotopic (exact) mass is 590 g/mol. The van der Waals surface area contributed by atoms with Crippen LogP contribution in [0, 0.1) is 0 Å². The Balaban J connectivity index is 1.39. The van der Waals surface area contributed by atoms with Crippen LogP contribution < -0.4 is 23.5 Å². The molecular formula is C33H35O8P. The summed E-state index contributed by atoms with van der Waals surface area (Å²) in [6, 6.07) is 28.6. The van der Waals surface area contributed by atoms with E-state index in [0.717, 1.165) is 28.7 Å². The van der Waals surface area contributed by atoms with Gasteiger partial charge in [0, 0.05) is 0 Å². The molecule has 0 spiro atoms. The number of hydrogen-bond acceptors (Lipinski definition) is 8. The molecule has 42 heavy (non-hydrogen) atoms. The Morgan fingerprint density at radius 2 is 1.10 bits per heavy atom. The standard InChI is InChI=1S/C33H35O8P/c1-35-29-16-15-25(27-20-28(27)26-18-31(36-2)33(38-4)32(19-26)37-3)17-30(29)41-42(34,39-21-23-11-7-5-8-12-23)40-22-24-13-9-6-10-14-24/h5-19,27-28H,20-22H2,1-4H3. The fraction of sp³-hybridized carbons (Fsp3) is 0.273. The van der Waals surface area contributed by atoms with Gasteiger partial charge in [0.2, 0.25) is 5.75 Å². The van der Waals surface area contributed by atoms with Gasteiger partial charge >= 0.3 is 7.82 Å². The summed E-state index contributed by atoms with van der Waals surface area (Å²) in [5.74, 6) is 2.94. The van der Waals surface area contributed by atoms with E-state index < -0.39 is 7.82 Å². The number of ether oxygens (including phenoxy) is 4. The van der Waals surface area contributed by atoms with E-state index in [1.54, 1.807) is 21.3 Å². The van der Waals surface area contributed by atoms with Gasteiger partial charge in [0.15, 0.2) is 23.0 Å². The van der Waals surface area contributed by atoms with Gasteiger partial charge in [0.05, 0.1) is 41.7 Å². The first-order chi connectivity index (χ1) is 20.5. The fourth-order valence-corrected chi connectivity index (χ4v) is 6.09. The Kier molecular flexibility index (Phi) is 9.38. The van der Waals surface area contributed by atoms with Crippen LogP contribution in [0.2, 0.25) is 0 Å². The van der Waals surface area contributed by atoms with Crippen molar-refractivity contribution in [1.82, 2.24) is 0 Å². The number of hydrogen-bond donors (Lipinski definition) is 0. The van der Waals surface area contributed by atoms with Crippen LogP contribution >= 0.6 is 7.82 Å². The lowest BCUT2D eigenvalue weighted by Gasteiger charge is -2.20. The normalized spacial score (nSPS) is 16.0. The molecule has 1 aliphatic rings. The summed E-state index contributed by atoms with van der Waals surface area (Å²) >= 11 is 0. The third-order valence-electron chi connectivity index (χ3n) is 7.20. The van der Waals surface area contributed by atoms with Gasteiger partial charge in [-0.05, 0) is 64.8 Å². The van der Waals surface area contributed by atoms with Crippen LogP contribution in [0.5, 0.6) is 28.7 Å². The highest BCUT2D eigenvalue weighted by Crippen LogP contribution is 2.59. The van der Waals surface area contributed by atoms with Crippen molar-refractivity contribution < 1.29 is 37.1 Å². The second kappa shape index (κ2) is 13.3. The first kappa shape index (κ1) is 29.5. The fourth-order valence-electron chi connectivity index (χ4n) is 4.91. The van der Waals surface area contributed by atoms with Crippen molar-refractivity contribution in [3.8, 4) is 28.7 Å². The largest absolute Gasteiger partial charge is 0.530 e. The molecule has 0 aliphatic heterocycles. The first-order valence-electron chi connectivity index (χ1n) is 13.6. The smallest absolute Gasteiger partial charge is 0.493 e. The molecule has 0 N–H and O–H groups in total. The number of rotatable bonds is 14. The van der Waals surface area contributed by atoms with E-state index in [2.05, 4.69) is 0 Å². The minimum Gasteiger partial charge on any atom is -0.493 e. The molecule has 2 unspecified atom stereocenters. The van der Waals surface area contributed by atoms with E-state index in [1.165, 1.54) is 7.11 Å². The number of phosphoric ester groups is 1. The Morgan fingerprint density at radius 1 is 0.595 bits per heavy atom. The Hall–Kier alpha value is -3.97. The predicted molar refractivity (Wildman–Crippen MR) is 160 cm³/mol. The van der Waals surface area contributed by atoms with Gasteiger partial charge < -0.3 is 23.5 Å². The highest BCUT2D eigenvalue weighted by molar-refractivity contribution is 7.48. The summed E-state index contributed by atoms with van der Waals surface area (Å²) in [7, 11) is 2.27. The average Bonchev–Trinajstić information content (AvgIpc) is 3.84. The zero-order chi connectivity index (χ0) is 29.5. The zero-order valence-corrected chi connectivity index (χ0v) is 25.0. The zero-order valence-electron chi connectivity index (χ0n) is 24.1. The highest BCUT2D eigenvalue weighted by atomic mass is 31.2. The maximum Gasteiger partial charge on any atom is 0.530 e. The van der Waals surface area contributed by atoms with Crippen molar-refractivity contribution >= 4 is 7.82 Å². The molecule has 9 heteroatoms. The van der Waals surface area contributed by atoms with Crippen LogP contribution in [0.1, 0.15) is 40.5 Å². The van der Waals surface area contributed by atoms with E-state index in [4.69, 9.17) is 32.5 Å². The lowest BCUT2D eigenvalue weighted by Crippen LogP contribution is -2.05. The minimum atomic E-state index is -4.07. The van der Waals surface area contributed by atoms with Crippen molar-refractivity contribution in [3.05, 3.63) is 113 Å². The molecule has 0 bridgehead atoms. The Morgan fingerprint density at radius 3 is 1.60 bits per heavy atom. The molecule has 8 nitrogen and oxygen atoms in total. The van der Waals surface area contributed by atoms with E-state index in [-0.39, 0.29) is 30.8 Å².